The molecule has 7 nitrogen and oxygen atoms in total. The van der Waals surface area contributed by atoms with Gasteiger partial charge in [-0.25, -0.2) is 17.9 Å². The molecule has 2 N–H and O–H groups in total. The predicted molar refractivity (Wildman–Crippen MR) is 75.6 cm³/mol. The molecule has 0 spiro atoms. The molecule has 0 bridgehead atoms. The SMILES string of the molecule is Cc1c(C(=O)O)cccc1S(=O)(=O)NCCn1cccn1. The van der Waals surface area contributed by atoms with Crippen LogP contribution in [-0.2, 0) is 16.6 Å². The third-order valence-corrected chi connectivity index (χ3v) is 4.60. The average molecular weight is 309 g/mol. The zero-order valence-electron chi connectivity index (χ0n) is 11.4. The van der Waals surface area contributed by atoms with E-state index in [0.29, 0.717) is 6.54 Å². The number of benzene rings is 1. The lowest BCUT2D eigenvalue weighted by atomic mass is 10.1. The maximum atomic E-state index is 12.2. The molecule has 0 aliphatic heterocycles. The maximum absolute atomic E-state index is 12.2. The van der Waals surface area contributed by atoms with Crippen LogP contribution < -0.4 is 4.72 Å². The number of sulfonamides is 1. The summed E-state index contributed by atoms with van der Waals surface area (Å²) in [5.41, 5.74) is 0.196. The normalized spacial score (nSPS) is 11.5. The van der Waals surface area contributed by atoms with Crippen LogP contribution in [0, 0.1) is 6.92 Å². The van der Waals surface area contributed by atoms with Gasteiger partial charge in [0.2, 0.25) is 10.0 Å². The van der Waals surface area contributed by atoms with Crippen LogP contribution in [0.5, 0.6) is 0 Å². The van der Waals surface area contributed by atoms with Gasteiger partial charge in [-0.2, -0.15) is 5.10 Å². The van der Waals surface area contributed by atoms with Crippen molar-refractivity contribution in [2.75, 3.05) is 6.54 Å². The first-order valence-electron chi connectivity index (χ1n) is 6.22. The second kappa shape index (κ2) is 6.06. The largest absolute Gasteiger partial charge is 0.478 e. The quantitative estimate of drug-likeness (QED) is 0.824. The molecule has 1 heterocycles. The Balaban J connectivity index is 2.16. The number of nitrogens with zero attached hydrogens (tertiary/aromatic N) is 2. The lowest BCUT2D eigenvalue weighted by Crippen LogP contribution is -2.28. The van der Waals surface area contributed by atoms with E-state index in [2.05, 4.69) is 9.82 Å². The number of aromatic carboxylic acids is 1. The van der Waals surface area contributed by atoms with E-state index in [1.807, 2.05) is 0 Å². The number of carbonyl (C=O) groups is 1. The molecule has 0 fully saturated rings. The fourth-order valence-electron chi connectivity index (χ4n) is 1.94. The molecule has 112 valence electrons. The Labute approximate surface area is 122 Å². The summed E-state index contributed by atoms with van der Waals surface area (Å²) in [6.45, 7) is 2.04. The molecule has 1 aromatic carbocycles. The van der Waals surface area contributed by atoms with Crippen LogP contribution in [0.1, 0.15) is 15.9 Å². The maximum Gasteiger partial charge on any atom is 0.335 e. The monoisotopic (exact) mass is 309 g/mol. The Hall–Kier alpha value is -2.19. The summed E-state index contributed by atoms with van der Waals surface area (Å²) in [4.78, 5) is 11.0. The van der Waals surface area contributed by atoms with Crippen molar-refractivity contribution in [3.63, 3.8) is 0 Å². The number of hydrogen-bond acceptors (Lipinski definition) is 4. The Morgan fingerprint density at radius 1 is 1.38 bits per heavy atom. The van der Waals surface area contributed by atoms with Gasteiger partial charge in [0.05, 0.1) is 17.0 Å². The van der Waals surface area contributed by atoms with Crippen LogP contribution in [0.25, 0.3) is 0 Å². The number of rotatable bonds is 6. The van der Waals surface area contributed by atoms with Crippen molar-refractivity contribution in [1.29, 1.82) is 0 Å². The molecule has 0 aliphatic carbocycles. The fraction of sp³-hybridized carbons (Fsp3) is 0.231. The van der Waals surface area contributed by atoms with E-state index < -0.39 is 16.0 Å². The van der Waals surface area contributed by atoms with Crippen molar-refractivity contribution in [2.24, 2.45) is 0 Å². The number of nitrogens with one attached hydrogen (secondary N) is 1. The van der Waals surface area contributed by atoms with E-state index in [9.17, 15) is 13.2 Å². The first-order chi connectivity index (χ1) is 9.92. The van der Waals surface area contributed by atoms with Crippen molar-refractivity contribution >= 4 is 16.0 Å². The fourth-order valence-corrected chi connectivity index (χ4v) is 3.23. The first kappa shape index (κ1) is 15.2. The van der Waals surface area contributed by atoms with Gasteiger partial charge in [-0.15, -0.1) is 0 Å². The van der Waals surface area contributed by atoms with E-state index in [-0.39, 0.29) is 22.6 Å². The van der Waals surface area contributed by atoms with Gasteiger partial charge >= 0.3 is 5.97 Å². The zero-order chi connectivity index (χ0) is 15.5. The lowest BCUT2D eigenvalue weighted by molar-refractivity contribution is 0.0696. The smallest absolute Gasteiger partial charge is 0.335 e. The third kappa shape index (κ3) is 3.47. The van der Waals surface area contributed by atoms with E-state index in [1.54, 1.807) is 23.1 Å². The summed E-state index contributed by atoms with van der Waals surface area (Å²) >= 11 is 0. The van der Waals surface area contributed by atoms with Crippen molar-refractivity contribution in [3.8, 4) is 0 Å². The van der Waals surface area contributed by atoms with Crippen molar-refractivity contribution < 1.29 is 18.3 Å². The number of aromatic nitrogens is 2. The Morgan fingerprint density at radius 2 is 2.14 bits per heavy atom. The zero-order valence-corrected chi connectivity index (χ0v) is 12.2. The molecule has 8 heteroatoms. The molecule has 1 aromatic heterocycles. The number of hydrogen-bond donors (Lipinski definition) is 2. The van der Waals surface area contributed by atoms with Gasteiger partial charge in [-0.05, 0) is 30.7 Å². The van der Waals surface area contributed by atoms with E-state index in [1.165, 1.54) is 25.1 Å². The highest BCUT2D eigenvalue weighted by Gasteiger charge is 2.20. The molecule has 0 radical (unpaired) electrons. The van der Waals surface area contributed by atoms with Crippen LogP contribution in [0.2, 0.25) is 0 Å². The van der Waals surface area contributed by atoms with Crippen molar-refractivity contribution in [1.82, 2.24) is 14.5 Å². The highest BCUT2D eigenvalue weighted by atomic mass is 32.2. The minimum atomic E-state index is -3.75. The van der Waals surface area contributed by atoms with Gasteiger partial charge in [0.25, 0.3) is 0 Å². The Bertz CT molecular complexity index is 739. The van der Waals surface area contributed by atoms with Gasteiger partial charge in [0.15, 0.2) is 0 Å². The first-order valence-corrected chi connectivity index (χ1v) is 7.70. The molecule has 0 aliphatic rings. The van der Waals surface area contributed by atoms with Crippen LogP contribution in [0.3, 0.4) is 0 Å². The molecule has 0 saturated heterocycles. The molecular formula is C13H15N3O4S. The lowest BCUT2D eigenvalue weighted by Gasteiger charge is -2.11. The highest BCUT2D eigenvalue weighted by Crippen LogP contribution is 2.18. The average Bonchev–Trinajstić information content (AvgIpc) is 2.91. The topological polar surface area (TPSA) is 101 Å². The van der Waals surface area contributed by atoms with E-state index in [0.717, 1.165) is 0 Å². The summed E-state index contributed by atoms with van der Waals surface area (Å²) in [6, 6.07) is 5.92. The second-order valence-corrected chi connectivity index (χ2v) is 6.14. The van der Waals surface area contributed by atoms with Crippen LogP contribution in [0.4, 0.5) is 0 Å². The highest BCUT2D eigenvalue weighted by molar-refractivity contribution is 7.89. The summed E-state index contributed by atoms with van der Waals surface area (Å²) in [5.74, 6) is -1.15. The minimum absolute atomic E-state index is 0.0232. The predicted octanol–water partition coefficient (Wildman–Crippen LogP) is 0.868. The second-order valence-electron chi connectivity index (χ2n) is 4.40. The molecule has 0 unspecified atom stereocenters. The Kier molecular flexibility index (Phi) is 4.39. The summed E-state index contributed by atoms with van der Waals surface area (Å²) in [6.07, 6.45) is 3.33. The third-order valence-electron chi connectivity index (χ3n) is 3.00. The van der Waals surface area contributed by atoms with Crippen molar-refractivity contribution in [2.45, 2.75) is 18.4 Å². The molecular weight excluding hydrogens is 294 g/mol. The van der Waals surface area contributed by atoms with Crippen LogP contribution in [0.15, 0.2) is 41.6 Å². The number of carboxylic acids is 1. The van der Waals surface area contributed by atoms with Crippen LogP contribution in [-0.4, -0.2) is 35.8 Å². The molecule has 2 rings (SSSR count). The van der Waals surface area contributed by atoms with Gasteiger partial charge in [0, 0.05) is 18.9 Å². The molecule has 2 aromatic rings. The minimum Gasteiger partial charge on any atom is -0.478 e. The van der Waals surface area contributed by atoms with E-state index in [4.69, 9.17) is 5.11 Å². The van der Waals surface area contributed by atoms with Gasteiger partial charge in [-0.3, -0.25) is 4.68 Å². The molecule has 0 atom stereocenters. The Morgan fingerprint density at radius 3 is 2.76 bits per heavy atom. The summed E-state index contributed by atoms with van der Waals surface area (Å²) < 4.78 is 28.5. The molecule has 0 amide bonds. The molecule has 0 saturated carbocycles. The summed E-state index contributed by atoms with van der Waals surface area (Å²) in [5, 5.41) is 13.0. The van der Waals surface area contributed by atoms with Crippen molar-refractivity contribution in [3.05, 3.63) is 47.8 Å². The summed E-state index contributed by atoms with van der Waals surface area (Å²) in [7, 11) is -3.75. The molecule has 21 heavy (non-hydrogen) atoms. The van der Waals surface area contributed by atoms with Gasteiger partial charge in [0.1, 0.15) is 0 Å². The van der Waals surface area contributed by atoms with Crippen LogP contribution >= 0.6 is 0 Å². The number of carboxylic acid groups (broad SMARTS) is 1. The standard InChI is InChI=1S/C13H15N3O4S/c1-10-11(13(17)18)4-2-5-12(10)21(19,20)15-7-9-16-8-3-6-14-16/h2-6,8,15H,7,9H2,1H3,(H,17,18). The van der Waals surface area contributed by atoms with Gasteiger partial charge < -0.3 is 5.11 Å². The van der Waals surface area contributed by atoms with E-state index >= 15 is 0 Å². The van der Waals surface area contributed by atoms with Gasteiger partial charge in [-0.1, -0.05) is 6.07 Å².